The lowest BCUT2D eigenvalue weighted by atomic mass is 10.3. The molecule has 0 bridgehead atoms. The molecule has 0 saturated carbocycles. The van der Waals surface area contributed by atoms with Gasteiger partial charge in [0.05, 0.1) is 18.4 Å². The van der Waals surface area contributed by atoms with E-state index in [2.05, 4.69) is 15.5 Å². The van der Waals surface area contributed by atoms with E-state index in [1.54, 1.807) is 6.07 Å². The lowest BCUT2D eigenvalue weighted by Crippen LogP contribution is -2.24. The van der Waals surface area contributed by atoms with Gasteiger partial charge in [0, 0.05) is 7.05 Å². The number of amides is 1. The zero-order valence-electron chi connectivity index (χ0n) is 9.10. The molecule has 0 fully saturated rings. The van der Waals surface area contributed by atoms with Crippen molar-refractivity contribution >= 4 is 5.91 Å². The number of nitrogens with zero attached hydrogens (tertiary/aromatic N) is 3. The highest BCUT2D eigenvalue weighted by molar-refractivity contribution is 5.93. The van der Waals surface area contributed by atoms with Gasteiger partial charge >= 0.3 is 0 Å². The van der Waals surface area contributed by atoms with Gasteiger partial charge in [-0.1, -0.05) is 0 Å². The standard InChI is InChI=1S/C10H12N4O2/c1-7-12-13-9(14(7)2)5-11-10(15)8-3-4-16-6-8/h3-4,6H,5H2,1-2H3,(H,11,15). The van der Waals surface area contributed by atoms with Gasteiger partial charge in [0.25, 0.3) is 5.91 Å². The predicted octanol–water partition coefficient (Wildman–Crippen LogP) is 0.647. The summed E-state index contributed by atoms with van der Waals surface area (Å²) in [4.78, 5) is 11.6. The lowest BCUT2D eigenvalue weighted by Gasteiger charge is -2.03. The molecule has 2 heterocycles. The maximum Gasteiger partial charge on any atom is 0.254 e. The molecule has 2 rings (SSSR count). The van der Waals surface area contributed by atoms with Crippen LogP contribution in [0.1, 0.15) is 22.0 Å². The maximum absolute atomic E-state index is 11.6. The number of nitrogens with one attached hydrogen (secondary N) is 1. The first kappa shape index (κ1) is 10.4. The van der Waals surface area contributed by atoms with Crippen molar-refractivity contribution < 1.29 is 9.21 Å². The fraction of sp³-hybridized carbons (Fsp3) is 0.300. The van der Waals surface area contributed by atoms with Crippen molar-refractivity contribution in [2.75, 3.05) is 0 Å². The monoisotopic (exact) mass is 220 g/mol. The van der Waals surface area contributed by atoms with E-state index >= 15 is 0 Å². The van der Waals surface area contributed by atoms with Crippen LogP contribution < -0.4 is 5.32 Å². The summed E-state index contributed by atoms with van der Waals surface area (Å²) in [5.74, 6) is 1.34. The van der Waals surface area contributed by atoms with E-state index in [9.17, 15) is 4.79 Å². The van der Waals surface area contributed by atoms with Crippen molar-refractivity contribution in [2.24, 2.45) is 7.05 Å². The molecular weight excluding hydrogens is 208 g/mol. The molecule has 1 N–H and O–H groups in total. The van der Waals surface area contributed by atoms with Gasteiger partial charge in [0.2, 0.25) is 0 Å². The van der Waals surface area contributed by atoms with E-state index in [1.807, 2.05) is 18.5 Å². The summed E-state index contributed by atoms with van der Waals surface area (Å²) in [6, 6.07) is 1.61. The first-order valence-corrected chi connectivity index (χ1v) is 4.83. The van der Waals surface area contributed by atoms with E-state index in [4.69, 9.17) is 4.42 Å². The van der Waals surface area contributed by atoms with Gasteiger partial charge in [-0.3, -0.25) is 4.79 Å². The van der Waals surface area contributed by atoms with Crippen molar-refractivity contribution in [3.05, 3.63) is 35.8 Å². The normalized spacial score (nSPS) is 10.4. The summed E-state index contributed by atoms with van der Waals surface area (Å²) in [6.07, 6.45) is 2.86. The topological polar surface area (TPSA) is 73.0 Å². The van der Waals surface area contributed by atoms with Crippen LogP contribution in [-0.2, 0) is 13.6 Å². The second kappa shape index (κ2) is 4.18. The van der Waals surface area contributed by atoms with Crippen molar-refractivity contribution in [1.82, 2.24) is 20.1 Å². The minimum Gasteiger partial charge on any atom is -0.472 e. The summed E-state index contributed by atoms with van der Waals surface area (Å²) in [7, 11) is 1.86. The van der Waals surface area contributed by atoms with Crippen LogP contribution in [0.3, 0.4) is 0 Å². The number of carbonyl (C=O) groups excluding carboxylic acids is 1. The summed E-state index contributed by atoms with van der Waals surface area (Å²) in [6.45, 7) is 2.20. The molecule has 0 aliphatic heterocycles. The highest BCUT2D eigenvalue weighted by Crippen LogP contribution is 2.01. The number of aryl methyl sites for hydroxylation is 1. The van der Waals surface area contributed by atoms with Crippen LogP contribution >= 0.6 is 0 Å². The van der Waals surface area contributed by atoms with Gasteiger partial charge in [0.15, 0.2) is 5.82 Å². The third kappa shape index (κ3) is 1.95. The Bertz CT molecular complexity index is 487. The first-order chi connectivity index (χ1) is 7.68. The smallest absolute Gasteiger partial charge is 0.254 e. The van der Waals surface area contributed by atoms with E-state index in [1.165, 1.54) is 12.5 Å². The third-order valence-electron chi connectivity index (χ3n) is 2.37. The van der Waals surface area contributed by atoms with Gasteiger partial charge in [-0.2, -0.15) is 0 Å². The van der Waals surface area contributed by atoms with Crippen LogP contribution in [0.5, 0.6) is 0 Å². The average Bonchev–Trinajstić information content (AvgIpc) is 2.89. The molecule has 6 heteroatoms. The zero-order chi connectivity index (χ0) is 11.5. The first-order valence-electron chi connectivity index (χ1n) is 4.83. The SMILES string of the molecule is Cc1nnc(CNC(=O)c2ccoc2)n1C. The molecule has 0 atom stereocenters. The van der Waals surface area contributed by atoms with Crippen LogP contribution in [0.15, 0.2) is 23.0 Å². The second-order valence-corrected chi connectivity index (χ2v) is 3.42. The average molecular weight is 220 g/mol. The van der Waals surface area contributed by atoms with Crippen molar-refractivity contribution in [1.29, 1.82) is 0 Å². The van der Waals surface area contributed by atoms with Crippen LogP contribution in [0, 0.1) is 6.92 Å². The van der Waals surface area contributed by atoms with E-state index in [0.717, 1.165) is 5.82 Å². The number of hydrogen-bond donors (Lipinski definition) is 1. The van der Waals surface area contributed by atoms with Crippen molar-refractivity contribution in [3.8, 4) is 0 Å². The van der Waals surface area contributed by atoms with E-state index < -0.39 is 0 Å². The number of aromatic nitrogens is 3. The third-order valence-corrected chi connectivity index (χ3v) is 2.37. The number of carbonyl (C=O) groups is 1. The molecular formula is C10H12N4O2. The van der Waals surface area contributed by atoms with Crippen LogP contribution in [-0.4, -0.2) is 20.7 Å². The van der Waals surface area contributed by atoms with Gasteiger partial charge in [0.1, 0.15) is 12.1 Å². The fourth-order valence-corrected chi connectivity index (χ4v) is 1.26. The fourth-order valence-electron chi connectivity index (χ4n) is 1.26. The van der Waals surface area contributed by atoms with Crippen LogP contribution in [0.2, 0.25) is 0 Å². The molecule has 2 aromatic heterocycles. The molecule has 0 aliphatic carbocycles. The molecule has 16 heavy (non-hydrogen) atoms. The van der Waals surface area contributed by atoms with Gasteiger partial charge < -0.3 is 14.3 Å². The van der Waals surface area contributed by atoms with Gasteiger partial charge in [-0.25, -0.2) is 0 Å². The molecule has 0 aliphatic rings. The van der Waals surface area contributed by atoms with Crippen molar-refractivity contribution in [2.45, 2.75) is 13.5 Å². The van der Waals surface area contributed by atoms with Crippen molar-refractivity contribution in [3.63, 3.8) is 0 Å². The summed E-state index contributed by atoms with van der Waals surface area (Å²) in [5.41, 5.74) is 0.499. The molecule has 0 aromatic carbocycles. The molecule has 84 valence electrons. The number of furan rings is 1. The van der Waals surface area contributed by atoms with E-state index in [-0.39, 0.29) is 5.91 Å². The lowest BCUT2D eigenvalue weighted by molar-refractivity contribution is 0.0949. The van der Waals surface area contributed by atoms with Gasteiger partial charge in [-0.05, 0) is 13.0 Å². The maximum atomic E-state index is 11.6. The molecule has 2 aromatic rings. The minimum atomic E-state index is -0.186. The van der Waals surface area contributed by atoms with Gasteiger partial charge in [-0.15, -0.1) is 10.2 Å². The Morgan fingerprint density at radius 1 is 1.56 bits per heavy atom. The Balaban J connectivity index is 1.98. The zero-order valence-corrected chi connectivity index (χ0v) is 9.10. The molecule has 0 saturated heterocycles. The Labute approximate surface area is 92.3 Å². The van der Waals surface area contributed by atoms with Crippen LogP contribution in [0.4, 0.5) is 0 Å². The largest absolute Gasteiger partial charge is 0.472 e. The minimum absolute atomic E-state index is 0.186. The highest BCUT2D eigenvalue weighted by Gasteiger charge is 2.09. The number of rotatable bonds is 3. The Kier molecular flexibility index (Phi) is 2.72. The molecule has 0 spiro atoms. The summed E-state index contributed by atoms with van der Waals surface area (Å²) in [5, 5.41) is 10.6. The highest BCUT2D eigenvalue weighted by atomic mass is 16.3. The Hall–Kier alpha value is -2.11. The molecule has 6 nitrogen and oxygen atoms in total. The predicted molar refractivity (Wildman–Crippen MR) is 55.6 cm³/mol. The Morgan fingerprint density at radius 3 is 2.94 bits per heavy atom. The second-order valence-electron chi connectivity index (χ2n) is 3.42. The van der Waals surface area contributed by atoms with Crippen LogP contribution in [0.25, 0.3) is 0 Å². The molecule has 0 radical (unpaired) electrons. The quantitative estimate of drug-likeness (QED) is 0.824. The summed E-state index contributed by atoms with van der Waals surface area (Å²) >= 11 is 0. The molecule has 1 amide bonds. The van der Waals surface area contributed by atoms with E-state index in [0.29, 0.717) is 17.9 Å². The Morgan fingerprint density at radius 2 is 2.38 bits per heavy atom. The molecule has 0 unspecified atom stereocenters. The summed E-state index contributed by atoms with van der Waals surface area (Å²) < 4.78 is 6.65. The number of hydrogen-bond acceptors (Lipinski definition) is 4.